The van der Waals surface area contributed by atoms with E-state index in [9.17, 15) is 14.9 Å². The molecule has 0 aliphatic heterocycles. The molecule has 2 heterocycles. The third-order valence-corrected chi connectivity index (χ3v) is 5.67. The number of carbonyl (C=O) groups excluding carboxylic acids is 1. The molecule has 8 heteroatoms. The Hall–Kier alpha value is -3.78. The number of nitro groups is 1. The van der Waals surface area contributed by atoms with Gasteiger partial charge in [-0.25, -0.2) is 4.98 Å². The number of nitro benzene ring substituents is 1. The Kier molecular flexibility index (Phi) is 5.16. The van der Waals surface area contributed by atoms with Crippen LogP contribution in [0, 0.1) is 24.0 Å². The predicted octanol–water partition coefficient (Wildman–Crippen LogP) is 5.73. The topological polar surface area (TPSA) is 98.3 Å². The van der Waals surface area contributed by atoms with Gasteiger partial charge in [-0.2, -0.15) is 0 Å². The summed E-state index contributed by atoms with van der Waals surface area (Å²) < 4.78 is 6.71. The fourth-order valence-corrected chi connectivity index (χ4v) is 4.06. The van der Waals surface area contributed by atoms with Crippen molar-refractivity contribution in [1.82, 2.24) is 4.98 Å². The number of aromatic nitrogens is 1. The number of benzene rings is 2. The molecule has 0 aliphatic carbocycles. The predicted molar refractivity (Wildman–Crippen MR) is 118 cm³/mol. The fourth-order valence-electron chi connectivity index (χ4n) is 3.05. The highest BCUT2D eigenvalue weighted by Gasteiger charge is 2.17. The highest BCUT2D eigenvalue weighted by atomic mass is 32.1. The number of carbonyl (C=O) groups is 1. The van der Waals surface area contributed by atoms with Gasteiger partial charge in [0.2, 0.25) is 5.91 Å². The van der Waals surface area contributed by atoms with Crippen LogP contribution in [0.3, 0.4) is 0 Å². The highest BCUT2D eigenvalue weighted by Crippen LogP contribution is 2.32. The molecule has 0 atom stereocenters. The molecule has 0 radical (unpaired) electrons. The summed E-state index contributed by atoms with van der Waals surface area (Å²) in [5, 5.41) is 14.5. The van der Waals surface area contributed by atoms with Crippen LogP contribution in [-0.2, 0) is 4.79 Å². The number of para-hydroxylation sites is 1. The number of thiazole rings is 1. The van der Waals surface area contributed by atoms with Gasteiger partial charge in [-0.1, -0.05) is 35.6 Å². The van der Waals surface area contributed by atoms with Gasteiger partial charge < -0.3 is 4.42 Å². The van der Waals surface area contributed by atoms with Crippen LogP contribution in [-0.4, -0.2) is 15.8 Å². The average molecular weight is 419 g/mol. The van der Waals surface area contributed by atoms with Crippen molar-refractivity contribution in [1.29, 1.82) is 0 Å². The summed E-state index contributed by atoms with van der Waals surface area (Å²) in [5.74, 6) is 0.432. The molecule has 2 aromatic heterocycles. The number of fused-ring (bicyclic) bond motifs is 1. The third-order valence-electron chi connectivity index (χ3n) is 4.56. The average Bonchev–Trinajstić information content (AvgIpc) is 3.37. The van der Waals surface area contributed by atoms with E-state index in [0.717, 1.165) is 21.3 Å². The summed E-state index contributed by atoms with van der Waals surface area (Å²) in [7, 11) is 0. The first-order chi connectivity index (χ1) is 14.4. The molecule has 0 unspecified atom stereocenters. The first-order valence-corrected chi connectivity index (χ1v) is 9.93. The first kappa shape index (κ1) is 19.5. The lowest BCUT2D eigenvalue weighted by molar-refractivity contribution is -0.384. The van der Waals surface area contributed by atoms with Crippen LogP contribution >= 0.6 is 11.3 Å². The van der Waals surface area contributed by atoms with Crippen molar-refractivity contribution in [3.8, 4) is 11.3 Å². The number of anilines is 1. The minimum Gasteiger partial charge on any atom is -0.456 e. The lowest BCUT2D eigenvalue weighted by Crippen LogP contribution is -2.07. The molecule has 0 bridgehead atoms. The standard InChI is InChI=1S/C22H17N3O4S/c1-13-7-8-14(2)21-20(13)24-22(30-21)23-19(26)12-10-15-9-11-18(29-15)16-5-3-4-6-17(16)25(27)28/h3-12H,1-2H3,(H,23,24,26)/b12-10+. The van der Waals surface area contributed by atoms with E-state index in [-0.39, 0.29) is 11.6 Å². The summed E-state index contributed by atoms with van der Waals surface area (Å²) in [6, 6.07) is 13.7. The maximum absolute atomic E-state index is 12.3. The van der Waals surface area contributed by atoms with Gasteiger partial charge in [-0.15, -0.1) is 0 Å². The lowest BCUT2D eigenvalue weighted by atomic mass is 10.1. The van der Waals surface area contributed by atoms with Crippen LogP contribution in [0.2, 0.25) is 0 Å². The third kappa shape index (κ3) is 3.85. The number of rotatable bonds is 5. The number of nitrogens with one attached hydrogen (secondary N) is 1. The van der Waals surface area contributed by atoms with Gasteiger partial charge in [-0.3, -0.25) is 20.2 Å². The summed E-state index contributed by atoms with van der Waals surface area (Å²) in [4.78, 5) is 27.5. The first-order valence-electron chi connectivity index (χ1n) is 9.12. The smallest absolute Gasteiger partial charge is 0.280 e. The van der Waals surface area contributed by atoms with Crippen molar-refractivity contribution in [3.05, 3.63) is 81.6 Å². The van der Waals surface area contributed by atoms with Crippen molar-refractivity contribution < 1.29 is 14.1 Å². The molecule has 4 aromatic rings. The van der Waals surface area contributed by atoms with Gasteiger partial charge in [-0.05, 0) is 49.2 Å². The molecule has 0 saturated carbocycles. The van der Waals surface area contributed by atoms with Crippen molar-refractivity contribution >= 4 is 44.4 Å². The molecule has 2 aromatic carbocycles. The zero-order valence-corrected chi connectivity index (χ0v) is 17.0. The highest BCUT2D eigenvalue weighted by molar-refractivity contribution is 7.22. The van der Waals surface area contributed by atoms with E-state index in [1.165, 1.54) is 29.6 Å². The van der Waals surface area contributed by atoms with Crippen LogP contribution in [0.4, 0.5) is 10.8 Å². The van der Waals surface area contributed by atoms with E-state index in [2.05, 4.69) is 10.3 Å². The Labute approximate surface area is 175 Å². The van der Waals surface area contributed by atoms with Gasteiger partial charge in [0.25, 0.3) is 5.69 Å². The number of aryl methyl sites for hydroxylation is 2. The second-order valence-electron chi connectivity index (χ2n) is 6.69. The number of furan rings is 1. The number of hydrogen-bond donors (Lipinski definition) is 1. The zero-order valence-electron chi connectivity index (χ0n) is 16.2. The lowest BCUT2D eigenvalue weighted by Gasteiger charge is -1.98. The largest absolute Gasteiger partial charge is 0.456 e. The van der Waals surface area contributed by atoms with E-state index in [1.54, 1.807) is 30.3 Å². The van der Waals surface area contributed by atoms with Crippen LogP contribution < -0.4 is 5.32 Å². The van der Waals surface area contributed by atoms with Crippen LogP contribution in [0.5, 0.6) is 0 Å². The van der Waals surface area contributed by atoms with E-state index in [0.29, 0.717) is 22.2 Å². The Morgan fingerprint density at radius 2 is 1.90 bits per heavy atom. The van der Waals surface area contributed by atoms with Crippen molar-refractivity contribution in [2.24, 2.45) is 0 Å². The van der Waals surface area contributed by atoms with Gasteiger partial charge in [0, 0.05) is 12.1 Å². The number of hydrogen-bond acceptors (Lipinski definition) is 6. The minimum absolute atomic E-state index is 0.0402. The van der Waals surface area contributed by atoms with Crippen LogP contribution in [0.15, 0.2) is 59.0 Å². The SMILES string of the molecule is Cc1ccc(C)c2sc(NC(=O)/C=C/c3ccc(-c4ccccc4[N+](=O)[O-])o3)nc12. The molecular formula is C22H17N3O4S. The Balaban J connectivity index is 1.50. The second kappa shape index (κ2) is 7.92. The maximum atomic E-state index is 12.3. The Bertz CT molecular complexity index is 1260. The second-order valence-corrected chi connectivity index (χ2v) is 7.69. The van der Waals surface area contributed by atoms with Crippen molar-refractivity contribution in [3.63, 3.8) is 0 Å². The van der Waals surface area contributed by atoms with Crippen molar-refractivity contribution in [2.75, 3.05) is 5.32 Å². The summed E-state index contributed by atoms with van der Waals surface area (Å²) >= 11 is 1.43. The van der Waals surface area contributed by atoms with E-state index in [1.807, 2.05) is 26.0 Å². The minimum atomic E-state index is -0.456. The summed E-state index contributed by atoms with van der Waals surface area (Å²) in [5.41, 5.74) is 3.40. The molecule has 4 rings (SSSR count). The summed E-state index contributed by atoms with van der Waals surface area (Å²) in [6.45, 7) is 4.00. The van der Waals surface area contributed by atoms with Gasteiger partial charge in [0.1, 0.15) is 11.5 Å². The molecule has 7 nitrogen and oxygen atoms in total. The Morgan fingerprint density at radius 3 is 2.67 bits per heavy atom. The maximum Gasteiger partial charge on any atom is 0.280 e. The number of amides is 1. The fraction of sp³-hybridized carbons (Fsp3) is 0.0909. The van der Waals surface area contributed by atoms with Crippen molar-refractivity contribution in [2.45, 2.75) is 13.8 Å². The van der Waals surface area contributed by atoms with E-state index < -0.39 is 4.92 Å². The number of nitrogens with zero attached hydrogens (tertiary/aromatic N) is 2. The molecule has 30 heavy (non-hydrogen) atoms. The van der Waals surface area contributed by atoms with E-state index in [4.69, 9.17) is 4.42 Å². The van der Waals surface area contributed by atoms with Crippen LogP contribution in [0.25, 0.3) is 27.6 Å². The molecule has 0 fully saturated rings. The molecule has 0 saturated heterocycles. The normalized spacial score (nSPS) is 11.3. The molecule has 0 aliphatic rings. The zero-order chi connectivity index (χ0) is 21.3. The van der Waals surface area contributed by atoms with Crippen LogP contribution in [0.1, 0.15) is 16.9 Å². The van der Waals surface area contributed by atoms with Gasteiger partial charge in [0.05, 0.1) is 20.7 Å². The molecule has 150 valence electrons. The molecule has 1 N–H and O–H groups in total. The van der Waals surface area contributed by atoms with Gasteiger partial charge >= 0.3 is 0 Å². The van der Waals surface area contributed by atoms with Gasteiger partial charge in [0.15, 0.2) is 5.13 Å². The molecule has 0 spiro atoms. The monoisotopic (exact) mass is 419 g/mol. The van der Waals surface area contributed by atoms with E-state index >= 15 is 0 Å². The Morgan fingerprint density at radius 1 is 1.13 bits per heavy atom. The molecule has 1 amide bonds. The summed E-state index contributed by atoms with van der Waals surface area (Å²) in [6.07, 6.45) is 2.85. The quantitative estimate of drug-likeness (QED) is 0.253. The molecular weight excluding hydrogens is 402 g/mol.